The highest BCUT2D eigenvalue weighted by atomic mass is 32.1. The van der Waals surface area contributed by atoms with Crippen LogP contribution in [0.2, 0.25) is 0 Å². The van der Waals surface area contributed by atoms with E-state index in [9.17, 15) is 9.59 Å². The zero-order valence-corrected chi connectivity index (χ0v) is 17.0. The fourth-order valence-electron chi connectivity index (χ4n) is 3.46. The van der Waals surface area contributed by atoms with Crippen LogP contribution in [0, 0.1) is 0 Å². The van der Waals surface area contributed by atoms with Crippen molar-refractivity contribution in [1.29, 1.82) is 0 Å². The number of nitrogens with zero attached hydrogens (tertiary/aromatic N) is 4. The molecule has 1 aliphatic rings. The Morgan fingerprint density at radius 3 is 2.76 bits per heavy atom. The number of likely N-dealkylation sites (tertiary alicyclic amines) is 1. The van der Waals surface area contributed by atoms with Gasteiger partial charge in [0.05, 0.1) is 17.7 Å². The fraction of sp³-hybridized carbons (Fsp3) is 0.300. The van der Waals surface area contributed by atoms with Crippen LogP contribution in [0.25, 0.3) is 22.0 Å². The summed E-state index contributed by atoms with van der Waals surface area (Å²) in [6.07, 6.45) is 4.48. The number of ether oxygens (including phenoxy) is 1. The second-order valence-corrected chi connectivity index (χ2v) is 7.73. The minimum atomic E-state index is -0.553. The maximum Gasteiger partial charge on any atom is 0.410 e. The highest BCUT2D eigenvalue weighted by Crippen LogP contribution is 2.38. The van der Waals surface area contributed by atoms with Crippen molar-refractivity contribution in [3.05, 3.63) is 42.7 Å². The number of carbonyl (C=O) groups is 2. The number of carbonyl (C=O) groups excluding carboxylic acids is 2. The van der Waals surface area contributed by atoms with Gasteiger partial charge in [0, 0.05) is 31.5 Å². The first kappa shape index (κ1) is 19.1. The number of methoxy groups -OCH3 is 1. The average Bonchev–Trinajstić information content (AvgIpc) is 3.47. The molecule has 2 amide bonds. The monoisotopic (exact) mass is 411 g/mol. The number of hydrogen-bond donors (Lipinski definition) is 1. The lowest BCUT2D eigenvalue weighted by molar-refractivity contribution is -0.119. The van der Waals surface area contributed by atoms with Crippen LogP contribution in [-0.4, -0.2) is 51.1 Å². The van der Waals surface area contributed by atoms with E-state index >= 15 is 0 Å². The number of anilines is 1. The summed E-state index contributed by atoms with van der Waals surface area (Å²) in [5, 5.41) is 3.36. The Balaban J connectivity index is 1.65. The number of aryl methyl sites for hydroxylation is 1. The van der Waals surface area contributed by atoms with Crippen molar-refractivity contribution >= 4 is 28.5 Å². The second-order valence-electron chi connectivity index (χ2n) is 6.74. The first-order valence-electron chi connectivity index (χ1n) is 9.28. The van der Waals surface area contributed by atoms with Gasteiger partial charge >= 0.3 is 6.09 Å². The van der Waals surface area contributed by atoms with Crippen LogP contribution < -0.4 is 5.32 Å². The molecule has 3 heterocycles. The van der Waals surface area contributed by atoms with Crippen molar-refractivity contribution in [2.75, 3.05) is 19.0 Å². The van der Waals surface area contributed by atoms with Gasteiger partial charge < -0.3 is 14.6 Å². The molecule has 29 heavy (non-hydrogen) atoms. The van der Waals surface area contributed by atoms with Gasteiger partial charge in [-0.3, -0.25) is 9.69 Å². The number of hydrogen-bond acceptors (Lipinski definition) is 6. The average molecular weight is 411 g/mol. The molecule has 150 valence electrons. The van der Waals surface area contributed by atoms with Gasteiger partial charge in [0.25, 0.3) is 0 Å². The molecule has 8 nitrogen and oxygen atoms in total. The third kappa shape index (κ3) is 3.73. The molecular formula is C20H21N5O3S. The van der Waals surface area contributed by atoms with E-state index in [4.69, 9.17) is 4.74 Å². The quantitative estimate of drug-likeness (QED) is 0.711. The summed E-state index contributed by atoms with van der Waals surface area (Å²) in [6.45, 7) is 0.510. The number of amides is 2. The molecule has 3 aromatic rings. The molecule has 1 unspecified atom stereocenters. The summed E-state index contributed by atoms with van der Waals surface area (Å²) in [7, 11) is 3.24. The van der Waals surface area contributed by atoms with Gasteiger partial charge in [-0.05, 0) is 12.8 Å². The smallest absolute Gasteiger partial charge is 0.410 e. The van der Waals surface area contributed by atoms with Crippen molar-refractivity contribution in [2.24, 2.45) is 7.05 Å². The van der Waals surface area contributed by atoms with Crippen molar-refractivity contribution < 1.29 is 14.3 Å². The molecule has 1 fully saturated rings. The normalized spacial score (nSPS) is 16.1. The molecular weight excluding hydrogens is 390 g/mol. The second kappa shape index (κ2) is 8.04. The van der Waals surface area contributed by atoms with Crippen LogP contribution in [-0.2, 0) is 16.6 Å². The zero-order chi connectivity index (χ0) is 20.4. The molecule has 0 saturated carbocycles. The Morgan fingerprint density at radius 2 is 2.07 bits per heavy atom. The summed E-state index contributed by atoms with van der Waals surface area (Å²) in [6, 6.07) is 9.24. The highest BCUT2D eigenvalue weighted by Gasteiger charge is 2.35. The number of nitrogens with one attached hydrogen (secondary N) is 1. The molecule has 1 atom stereocenters. The van der Waals surface area contributed by atoms with Gasteiger partial charge in [0.15, 0.2) is 11.0 Å². The summed E-state index contributed by atoms with van der Waals surface area (Å²) in [5.41, 5.74) is 1.70. The molecule has 0 radical (unpaired) electrons. The Labute approximate surface area is 172 Å². The van der Waals surface area contributed by atoms with Gasteiger partial charge in [-0.1, -0.05) is 41.7 Å². The molecule has 1 N–H and O–H groups in total. The van der Waals surface area contributed by atoms with Crippen molar-refractivity contribution in [3.63, 3.8) is 0 Å². The molecule has 1 saturated heterocycles. The van der Waals surface area contributed by atoms with E-state index in [0.717, 1.165) is 28.4 Å². The molecule has 0 spiro atoms. The van der Waals surface area contributed by atoms with E-state index in [2.05, 4.69) is 15.3 Å². The Hall–Kier alpha value is -3.20. The van der Waals surface area contributed by atoms with Crippen LogP contribution >= 0.6 is 11.3 Å². The largest absolute Gasteiger partial charge is 0.453 e. The number of aromatic nitrogens is 3. The predicted octanol–water partition coefficient (Wildman–Crippen LogP) is 3.38. The number of thiazole rings is 1. The first-order chi connectivity index (χ1) is 14.1. The lowest BCUT2D eigenvalue weighted by Crippen LogP contribution is -2.43. The Bertz CT molecular complexity index is 1030. The van der Waals surface area contributed by atoms with Gasteiger partial charge in [-0.15, -0.1) is 0 Å². The lowest BCUT2D eigenvalue weighted by Gasteiger charge is -2.21. The van der Waals surface area contributed by atoms with E-state index < -0.39 is 12.1 Å². The predicted molar refractivity (Wildman–Crippen MR) is 111 cm³/mol. The Morgan fingerprint density at radius 1 is 1.28 bits per heavy atom. The molecule has 1 aromatic carbocycles. The third-order valence-corrected chi connectivity index (χ3v) is 5.86. The summed E-state index contributed by atoms with van der Waals surface area (Å²) in [4.78, 5) is 36.2. The standard InChI is InChI=1S/C20H21N5O3S/c1-24-12-10-21-17(24)16-15(13-7-4-3-5-8-13)22-19(29-16)23-18(26)14-9-6-11-25(14)20(27)28-2/h3-5,7-8,10,12,14H,6,9,11H2,1-2H3,(H,22,23,26). The van der Waals surface area contributed by atoms with Gasteiger partial charge in [-0.2, -0.15) is 0 Å². The minimum Gasteiger partial charge on any atom is -0.453 e. The van der Waals surface area contributed by atoms with E-state index in [1.807, 2.05) is 48.1 Å². The molecule has 0 bridgehead atoms. The summed E-state index contributed by atoms with van der Waals surface area (Å²) >= 11 is 1.37. The maximum atomic E-state index is 12.8. The van der Waals surface area contributed by atoms with Crippen LogP contribution in [0.15, 0.2) is 42.7 Å². The molecule has 1 aliphatic heterocycles. The van der Waals surface area contributed by atoms with E-state index in [-0.39, 0.29) is 5.91 Å². The number of imidazole rings is 1. The highest BCUT2D eigenvalue weighted by molar-refractivity contribution is 7.19. The fourth-order valence-corrected chi connectivity index (χ4v) is 4.50. The van der Waals surface area contributed by atoms with Crippen molar-refractivity contribution in [2.45, 2.75) is 18.9 Å². The van der Waals surface area contributed by atoms with E-state index in [0.29, 0.717) is 18.1 Å². The van der Waals surface area contributed by atoms with Crippen LogP contribution in [0.5, 0.6) is 0 Å². The van der Waals surface area contributed by atoms with E-state index in [1.165, 1.54) is 23.3 Å². The van der Waals surface area contributed by atoms with Crippen molar-refractivity contribution in [1.82, 2.24) is 19.4 Å². The van der Waals surface area contributed by atoms with Crippen LogP contribution in [0.4, 0.5) is 9.93 Å². The topological polar surface area (TPSA) is 89.3 Å². The Kier molecular flexibility index (Phi) is 5.30. The maximum absolute atomic E-state index is 12.8. The van der Waals surface area contributed by atoms with Gasteiger partial charge in [0.2, 0.25) is 5.91 Å². The summed E-state index contributed by atoms with van der Waals surface area (Å²) < 4.78 is 6.71. The number of rotatable bonds is 4. The molecule has 2 aromatic heterocycles. The van der Waals surface area contributed by atoms with E-state index in [1.54, 1.807) is 6.20 Å². The van der Waals surface area contributed by atoms with Crippen LogP contribution in [0.3, 0.4) is 0 Å². The van der Waals surface area contributed by atoms with Crippen LogP contribution in [0.1, 0.15) is 12.8 Å². The minimum absolute atomic E-state index is 0.257. The van der Waals surface area contributed by atoms with Gasteiger partial charge in [-0.25, -0.2) is 14.8 Å². The molecule has 0 aliphatic carbocycles. The SMILES string of the molecule is COC(=O)N1CCCC1C(=O)Nc1nc(-c2ccccc2)c(-c2nccn2C)s1. The van der Waals surface area contributed by atoms with Gasteiger partial charge in [0.1, 0.15) is 6.04 Å². The number of benzene rings is 1. The molecule has 4 rings (SSSR count). The van der Waals surface area contributed by atoms with Crippen molar-refractivity contribution in [3.8, 4) is 22.0 Å². The molecule has 9 heteroatoms. The first-order valence-corrected chi connectivity index (χ1v) is 10.1. The third-order valence-electron chi connectivity index (χ3n) is 4.89. The lowest BCUT2D eigenvalue weighted by atomic mass is 10.1. The zero-order valence-electron chi connectivity index (χ0n) is 16.2. The summed E-state index contributed by atoms with van der Waals surface area (Å²) in [5.74, 6) is 0.520.